The summed E-state index contributed by atoms with van der Waals surface area (Å²) in [7, 11) is 0. The summed E-state index contributed by atoms with van der Waals surface area (Å²) >= 11 is 0. The Kier molecular flexibility index (Phi) is 7.33. The molecule has 4 heteroatoms. The summed E-state index contributed by atoms with van der Waals surface area (Å²) in [4.78, 5) is 7.23. The van der Waals surface area contributed by atoms with Gasteiger partial charge in [-0.3, -0.25) is 0 Å². The molecule has 1 aliphatic carbocycles. The van der Waals surface area contributed by atoms with Crippen molar-refractivity contribution in [2.24, 2.45) is 0 Å². The largest absolute Gasteiger partial charge is 0.493 e. The number of hydrogen-bond acceptors (Lipinski definition) is 4. The maximum atomic E-state index is 6.49. The van der Waals surface area contributed by atoms with Crippen molar-refractivity contribution < 1.29 is 9.15 Å². The zero-order chi connectivity index (χ0) is 35.5. The standard InChI is InChI=1S/C49H38N2O2/c1-49(2)42-21-7-6-19-40(42)46-41(39-20-11-15-34-17-12-28-52-47(34)39)30-38(31-43(46)49)51(36-26-24-33(25-27-36)32-13-4-3-5-14-32)37-18-10-16-35(29-37)48-50-44-22-8-9-23-45(44)53-48/h3-11,13-16,18-27,29-31H,12,17,28H2,1-2H3. The fourth-order valence-corrected chi connectivity index (χ4v) is 8.40. The molecule has 7 aromatic carbocycles. The molecule has 0 saturated carbocycles. The van der Waals surface area contributed by atoms with Crippen molar-refractivity contribution in [2.45, 2.75) is 32.1 Å². The predicted molar refractivity (Wildman–Crippen MR) is 216 cm³/mol. The maximum absolute atomic E-state index is 6.49. The Hall–Kier alpha value is -6.39. The van der Waals surface area contributed by atoms with Gasteiger partial charge in [-0.25, -0.2) is 4.98 Å². The molecule has 4 nitrogen and oxygen atoms in total. The van der Waals surface area contributed by atoms with Gasteiger partial charge in [0.2, 0.25) is 5.89 Å². The second-order valence-corrected chi connectivity index (χ2v) is 14.6. The maximum Gasteiger partial charge on any atom is 0.227 e. The summed E-state index contributed by atoms with van der Waals surface area (Å²) in [6.45, 7) is 5.45. The van der Waals surface area contributed by atoms with Gasteiger partial charge < -0.3 is 14.1 Å². The molecule has 0 N–H and O–H groups in total. The van der Waals surface area contributed by atoms with Crippen molar-refractivity contribution in [1.29, 1.82) is 0 Å². The minimum Gasteiger partial charge on any atom is -0.493 e. The molecule has 0 bridgehead atoms. The number of nitrogens with zero attached hydrogens (tertiary/aromatic N) is 2. The van der Waals surface area contributed by atoms with Gasteiger partial charge in [0.15, 0.2) is 5.58 Å². The normalized spacial score (nSPS) is 13.9. The third kappa shape index (κ3) is 5.24. The molecule has 0 unspecified atom stereocenters. The molecule has 10 rings (SSSR count). The zero-order valence-electron chi connectivity index (χ0n) is 29.8. The first-order valence-corrected chi connectivity index (χ1v) is 18.5. The van der Waals surface area contributed by atoms with Crippen LogP contribution in [0.4, 0.5) is 17.1 Å². The van der Waals surface area contributed by atoms with Gasteiger partial charge in [0, 0.05) is 33.6 Å². The molecule has 1 aliphatic heterocycles. The van der Waals surface area contributed by atoms with Crippen molar-refractivity contribution in [2.75, 3.05) is 11.5 Å². The second kappa shape index (κ2) is 12.4. The van der Waals surface area contributed by atoms with Crippen molar-refractivity contribution in [3.05, 3.63) is 174 Å². The average Bonchev–Trinajstić information content (AvgIpc) is 3.75. The number of hydrogen-bond donors (Lipinski definition) is 0. The lowest BCUT2D eigenvalue weighted by Crippen LogP contribution is -2.17. The van der Waals surface area contributed by atoms with Crippen molar-refractivity contribution in [3.63, 3.8) is 0 Å². The first-order chi connectivity index (χ1) is 26.0. The molecule has 0 radical (unpaired) electrons. The van der Waals surface area contributed by atoms with E-state index in [0.717, 1.165) is 64.5 Å². The van der Waals surface area contributed by atoms with E-state index in [0.29, 0.717) is 5.89 Å². The molecule has 8 aromatic rings. The van der Waals surface area contributed by atoms with Gasteiger partial charge >= 0.3 is 0 Å². The van der Waals surface area contributed by atoms with E-state index in [1.54, 1.807) is 0 Å². The van der Waals surface area contributed by atoms with Crippen LogP contribution in [-0.4, -0.2) is 11.6 Å². The van der Waals surface area contributed by atoms with Crippen molar-refractivity contribution in [3.8, 4) is 50.6 Å². The van der Waals surface area contributed by atoms with Gasteiger partial charge in [0.25, 0.3) is 0 Å². The molecule has 0 saturated heterocycles. The molecule has 0 amide bonds. The summed E-state index contributed by atoms with van der Waals surface area (Å²) < 4.78 is 12.8. The Labute approximate surface area is 310 Å². The van der Waals surface area contributed by atoms with Crippen LogP contribution in [0, 0.1) is 0 Å². The van der Waals surface area contributed by atoms with Gasteiger partial charge in [-0.1, -0.05) is 117 Å². The predicted octanol–water partition coefficient (Wildman–Crippen LogP) is 12.9. The average molecular weight is 687 g/mol. The molecule has 0 atom stereocenters. The van der Waals surface area contributed by atoms with Crippen LogP contribution in [0.2, 0.25) is 0 Å². The van der Waals surface area contributed by atoms with Crippen molar-refractivity contribution >= 4 is 28.2 Å². The Morgan fingerprint density at radius 1 is 0.566 bits per heavy atom. The highest BCUT2D eigenvalue weighted by Gasteiger charge is 2.38. The van der Waals surface area contributed by atoms with Crippen molar-refractivity contribution in [1.82, 2.24) is 4.98 Å². The number of rotatable bonds is 6. The highest BCUT2D eigenvalue weighted by Crippen LogP contribution is 2.56. The van der Waals surface area contributed by atoms with Gasteiger partial charge in [0.05, 0.1) is 6.61 Å². The van der Waals surface area contributed by atoms with Crippen LogP contribution < -0.4 is 9.64 Å². The van der Waals surface area contributed by atoms with Crippen LogP contribution in [0.25, 0.3) is 55.9 Å². The Balaban J connectivity index is 1.21. The van der Waals surface area contributed by atoms with Crippen LogP contribution in [-0.2, 0) is 11.8 Å². The topological polar surface area (TPSA) is 38.5 Å². The lowest BCUT2D eigenvalue weighted by molar-refractivity contribution is 0.289. The summed E-state index contributed by atoms with van der Waals surface area (Å²) in [6, 6.07) is 56.3. The van der Waals surface area contributed by atoms with E-state index in [1.807, 2.05) is 24.3 Å². The lowest BCUT2D eigenvalue weighted by Gasteiger charge is -2.30. The fourth-order valence-electron chi connectivity index (χ4n) is 8.40. The number of anilines is 3. The van der Waals surface area contributed by atoms with Crippen LogP contribution in [0.1, 0.15) is 37.0 Å². The van der Waals surface area contributed by atoms with E-state index >= 15 is 0 Å². The Bertz CT molecular complexity index is 2620. The number of oxazole rings is 1. The van der Waals surface area contributed by atoms with E-state index in [2.05, 4.69) is 152 Å². The lowest BCUT2D eigenvalue weighted by atomic mass is 9.81. The molecular weight excluding hydrogens is 649 g/mol. The Morgan fingerprint density at radius 3 is 2.17 bits per heavy atom. The van der Waals surface area contributed by atoms with E-state index < -0.39 is 0 Å². The second-order valence-electron chi connectivity index (χ2n) is 14.6. The number of aryl methyl sites for hydroxylation is 1. The molecule has 2 aliphatic rings. The fraction of sp³-hybridized carbons (Fsp3) is 0.122. The van der Waals surface area contributed by atoms with Crippen LogP contribution in [0.3, 0.4) is 0 Å². The highest BCUT2D eigenvalue weighted by atomic mass is 16.5. The minimum absolute atomic E-state index is 0.213. The van der Waals surface area contributed by atoms with Gasteiger partial charge in [-0.2, -0.15) is 0 Å². The smallest absolute Gasteiger partial charge is 0.227 e. The first-order valence-electron chi connectivity index (χ1n) is 18.5. The summed E-state index contributed by atoms with van der Waals surface area (Å²) in [5, 5.41) is 0. The number of ether oxygens (including phenoxy) is 1. The monoisotopic (exact) mass is 686 g/mol. The molecule has 2 heterocycles. The molecule has 0 fully saturated rings. The molecule has 256 valence electrons. The first kappa shape index (κ1) is 31.4. The summed E-state index contributed by atoms with van der Waals surface area (Å²) in [6.07, 6.45) is 2.06. The Morgan fingerprint density at radius 2 is 1.30 bits per heavy atom. The third-order valence-corrected chi connectivity index (χ3v) is 11.0. The number of fused-ring (bicyclic) bond motifs is 5. The van der Waals surface area contributed by atoms with E-state index in [9.17, 15) is 0 Å². The number of benzene rings is 7. The van der Waals surface area contributed by atoms with E-state index in [-0.39, 0.29) is 5.41 Å². The summed E-state index contributed by atoms with van der Waals surface area (Å²) in [5.41, 5.74) is 16.7. The van der Waals surface area contributed by atoms with E-state index in [1.165, 1.54) is 44.5 Å². The number of para-hydroxylation sites is 3. The molecule has 53 heavy (non-hydrogen) atoms. The molecular formula is C49H38N2O2. The minimum atomic E-state index is -0.213. The van der Waals surface area contributed by atoms with Crippen LogP contribution in [0.15, 0.2) is 162 Å². The SMILES string of the molecule is CC1(C)c2ccccc2-c2c(-c3cccc4c3OCCC4)cc(N(c3ccc(-c4ccccc4)cc3)c3cccc(-c4nc5ccccc5o4)c3)cc21. The summed E-state index contributed by atoms with van der Waals surface area (Å²) in [5.74, 6) is 1.61. The van der Waals surface area contributed by atoms with Gasteiger partial charge in [-0.05, 0) is 112 Å². The quantitative estimate of drug-likeness (QED) is 0.175. The number of aromatic nitrogens is 1. The van der Waals surface area contributed by atoms with Crippen LogP contribution >= 0.6 is 0 Å². The highest BCUT2D eigenvalue weighted by molar-refractivity contribution is 5.97. The van der Waals surface area contributed by atoms with E-state index in [4.69, 9.17) is 14.1 Å². The van der Waals surface area contributed by atoms with Gasteiger partial charge in [-0.15, -0.1) is 0 Å². The molecule has 0 spiro atoms. The third-order valence-electron chi connectivity index (χ3n) is 11.0. The van der Waals surface area contributed by atoms with Crippen LogP contribution in [0.5, 0.6) is 5.75 Å². The molecule has 1 aromatic heterocycles. The van der Waals surface area contributed by atoms with Gasteiger partial charge in [0.1, 0.15) is 11.3 Å². The zero-order valence-corrected chi connectivity index (χ0v) is 29.8.